The minimum atomic E-state index is -0.0113. The van der Waals surface area contributed by atoms with E-state index in [1.54, 1.807) is 24.1 Å². The highest BCUT2D eigenvalue weighted by molar-refractivity contribution is 6.42. The molecule has 0 unspecified atom stereocenters. The van der Waals surface area contributed by atoms with Gasteiger partial charge in [0.1, 0.15) is 5.75 Å². The Bertz CT molecular complexity index is 757. The summed E-state index contributed by atoms with van der Waals surface area (Å²) in [5.41, 5.74) is 0.880. The van der Waals surface area contributed by atoms with Crippen LogP contribution in [0.15, 0.2) is 24.8 Å². The minimum absolute atomic E-state index is 0.0113. The summed E-state index contributed by atoms with van der Waals surface area (Å²) in [6.45, 7) is 8.11. The highest BCUT2D eigenvalue weighted by Crippen LogP contribution is 2.31. The molecule has 0 atom stereocenters. The molecule has 1 aromatic rings. The van der Waals surface area contributed by atoms with Crippen molar-refractivity contribution in [3.63, 3.8) is 0 Å². The van der Waals surface area contributed by atoms with E-state index in [1.165, 1.54) is 6.08 Å². The van der Waals surface area contributed by atoms with Crippen LogP contribution in [0.3, 0.4) is 0 Å². The number of nitrogens with zero attached hydrogens (tertiary/aromatic N) is 3. The van der Waals surface area contributed by atoms with Gasteiger partial charge in [-0.15, -0.1) is 0 Å². The molecule has 2 aliphatic heterocycles. The second-order valence-electron chi connectivity index (χ2n) is 7.10. The van der Waals surface area contributed by atoms with E-state index in [-0.39, 0.29) is 11.8 Å². The fraction of sp³-hybridized carbons (Fsp3) is 0.500. The number of benzene rings is 1. The number of amides is 2. The van der Waals surface area contributed by atoms with Gasteiger partial charge in [0.25, 0.3) is 0 Å². The predicted molar refractivity (Wildman–Crippen MR) is 110 cm³/mol. The summed E-state index contributed by atoms with van der Waals surface area (Å²) < 4.78 is 5.34. The largest absolute Gasteiger partial charge is 0.496 e. The van der Waals surface area contributed by atoms with Crippen LogP contribution in [-0.2, 0) is 16.0 Å². The first kappa shape index (κ1) is 21.0. The summed E-state index contributed by atoms with van der Waals surface area (Å²) in [4.78, 5) is 30.2. The Morgan fingerprint density at radius 3 is 2.39 bits per heavy atom. The number of carbonyl (C=O) groups excluding carboxylic acids is 2. The van der Waals surface area contributed by atoms with E-state index >= 15 is 0 Å². The van der Waals surface area contributed by atoms with E-state index in [9.17, 15) is 9.59 Å². The molecule has 8 heteroatoms. The zero-order valence-electron chi connectivity index (χ0n) is 16.0. The standard InChI is InChI=1S/C20H25Cl2N3O3/c1-3-19(26)25-12-15(13-25)23-6-8-24(9-7-23)20(27)5-4-14-10-16(21)17(22)11-18(14)28-2/h3,10-11,15H,1,4-9,12-13H2,2H3. The molecule has 0 radical (unpaired) electrons. The molecule has 2 saturated heterocycles. The Morgan fingerprint density at radius 2 is 1.79 bits per heavy atom. The first-order valence-electron chi connectivity index (χ1n) is 9.38. The Labute approximate surface area is 175 Å². The highest BCUT2D eigenvalue weighted by Gasteiger charge is 2.35. The van der Waals surface area contributed by atoms with Gasteiger partial charge in [0, 0.05) is 57.8 Å². The summed E-state index contributed by atoms with van der Waals surface area (Å²) in [6, 6.07) is 3.84. The number of methoxy groups -OCH3 is 1. The van der Waals surface area contributed by atoms with Crippen molar-refractivity contribution in [2.75, 3.05) is 46.4 Å². The number of rotatable bonds is 6. The van der Waals surface area contributed by atoms with Crippen LogP contribution >= 0.6 is 23.2 Å². The Kier molecular flexibility index (Phi) is 6.86. The fourth-order valence-electron chi connectivity index (χ4n) is 3.69. The van der Waals surface area contributed by atoms with E-state index in [0.717, 1.165) is 31.7 Å². The minimum Gasteiger partial charge on any atom is -0.496 e. The smallest absolute Gasteiger partial charge is 0.246 e. The van der Waals surface area contributed by atoms with Crippen molar-refractivity contribution in [2.24, 2.45) is 0 Å². The van der Waals surface area contributed by atoms with E-state index < -0.39 is 0 Å². The summed E-state index contributed by atoms with van der Waals surface area (Å²) in [6.07, 6.45) is 2.31. The van der Waals surface area contributed by atoms with Crippen molar-refractivity contribution in [3.8, 4) is 5.75 Å². The van der Waals surface area contributed by atoms with Crippen molar-refractivity contribution in [1.82, 2.24) is 14.7 Å². The maximum Gasteiger partial charge on any atom is 0.246 e. The molecule has 3 rings (SSSR count). The van der Waals surface area contributed by atoms with Crippen LogP contribution < -0.4 is 4.74 Å². The first-order valence-corrected chi connectivity index (χ1v) is 10.1. The summed E-state index contributed by atoms with van der Waals surface area (Å²) >= 11 is 12.1. The van der Waals surface area contributed by atoms with Crippen LogP contribution in [-0.4, -0.2) is 78.9 Å². The summed E-state index contributed by atoms with van der Waals surface area (Å²) in [5.74, 6) is 0.767. The Balaban J connectivity index is 1.45. The second-order valence-corrected chi connectivity index (χ2v) is 7.91. The molecule has 0 aromatic heterocycles. The number of aryl methyl sites for hydroxylation is 1. The number of hydrogen-bond acceptors (Lipinski definition) is 4. The third-order valence-electron chi connectivity index (χ3n) is 5.46. The number of likely N-dealkylation sites (tertiary alicyclic amines) is 1. The lowest BCUT2D eigenvalue weighted by Gasteiger charge is -2.47. The van der Waals surface area contributed by atoms with Gasteiger partial charge >= 0.3 is 0 Å². The van der Waals surface area contributed by atoms with Crippen LogP contribution in [0.4, 0.5) is 0 Å². The average molecular weight is 426 g/mol. The monoisotopic (exact) mass is 425 g/mol. The molecule has 0 saturated carbocycles. The molecule has 1 aromatic carbocycles. The van der Waals surface area contributed by atoms with Crippen molar-refractivity contribution >= 4 is 35.0 Å². The van der Waals surface area contributed by atoms with E-state index in [2.05, 4.69) is 11.5 Å². The lowest BCUT2D eigenvalue weighted by atomic mass is 10.1. The third-order valence-corrected chi connectivity index (χ3v) is 6.19. The van der Waals surface area contributed by atoms with Gasteiger partial charge in [-0.3, -0.25) is 14.5 Å². The molecule has 28 heavy (non-hydrogen) atoms. The maximum atomic E-state index is 12.6. The van der Waals surface area contributed by atoms with Gasteiger partial charge in [0.15, 0.2) is 0 Å². The molecule has 0 bridgehead atoms. The summed E-state index contributed by atoms with van der Waals surface area (Å²) in [7, 11) is 1.58. The topological polar surface area (TPSA) is 53.1 Å². The van der Waals surface area contributed by atoms with Crippen LogP contribution in [0.1, 0.15) is 12.0 Å². The fourth-order valence-corrected chi connectivity index (χ4v) is 4.03. The quantitative estimate of drug-likeness (QED) is 0.656. The maximum absolute atomic E-state index is 12.6. The van der Waals surface area contributed by atoms with Gasteiger partial charge in [0.2, 0.25) is 11.8 Å². The third kappa shape index (κ3) is 4.62. The van der Waals surface area contributed by atoms with Gasteiger partial charge < -0.3 is 14.5 Å². The predicted octanol–water partition coefficient (Wildman–Crippen LogP) is 2.48. The molecule has 2 aliphatic rings. The molecule has 2 amide bonds. The van der Waals surface area contributed by atoms with E-state index in [1.807, 2.05) is 4.90 Å². The zero-order valence-corrected chi connectivity index (χ0v) is 17.5. The molecule has 0 aliphatic carbocycles. The van der Waals surface area contributed by atoms with Crippen molar-refractivity contribution in [2.45, 2.75) is 18.9 Å². The number of halogens is 2. The van der Waals surface area contributed by atoms with Crippen LogP contribution in [0.25, 0.3) is 0 Å². The normalized spacial score (nSPS) is 18.0. The van der Waals surface area contributed by atoms with Gasteiger partial charge in [-0.2, -0.15) is 0 Å². The molecular weight excluding hydrogens is 401 g/mol. The molecule has 6 nitrogen and oxygen atoms in total. The lowest BCUT2D eigenvalue weighted by molar-refractivity contribution is -0.136. The van der Waals surface area contributed by atoms with Crippen molar-refractivity contribution < 1.29 is 14.3 Å². The SMILES string of the molecule is C=CC(=O)N1CC(N2CCN(C(=O)CCc3cc(Cl)c(Cl)cc3OC)CC2)C1. The molecule has 0 spiro atoms. The summed E-state index contributed by atoms with van der Waals surface area (Å²) in [5, 5.41) is 0.900. The van der Waals surface area contributed by atoms with Crippen LogP contribution in [0, 0.1) is 0 Å². The van der Waals surface area contributed by atoms with Gasteiger partial charge in [0.05, 0.1) is 17.2 Å². The molecule has 0 N–H and O–H groups in total. The van der Waals surface area contributed by atoms with Gasteiger partial charge in [-0.1, -0.05) is 29.8 Å². The number of hydrogen-bond donors (Lipinski definition) is 0. The van der Waals surface area contributed by atoms with Crippen LogP contribution in [0.2, 0.25) is 10.0 Å². The van der Waals surface area contributed by atoms with Crippen LogP contribution in [0.5, 0.6) is 5.75 Å². The molecule has 2 fully saturated rings. The second kappa shape index (κ2) is 9.16. The Morgan fingerprint density at radius 1 is 1.14 bits per heavy atom. The molecule has 2 heterocycles. The van der Waals surface area contributed by atoms with Crippen molar-refractivity contribution in [3.05, 3.63) is 40.4 Å². The first-order chi connectivity index (χ1) is 13.4. The van der Waals surface area contributed by atoms with E-state index in [0.29, 0.717) is 47.8 Å². The van der Waals surface area contributed by atoms with E-state index in [4.69, 9.17) is 27.9 Å². The molecular formula is C20H25Cl2N3O3. The highest BCUT2D eigenvalue weighted by atomic mass is 35.5. The van der Waals surface area contributed by atoms with Gasteiger partial charge in [-0.05, 0) is 24.1 Å². The lowest BCUT2D eigenvalue weighted by Crippen LogP contribution is -2.64. The number of carbonyl (C=O) groups is 2. The number of piperazine rings is 1. The Hall–Kier alpha value is -1.76. The average Bonchev–Trinajstić information content (AvgIpc) is 2.67. The zero-order chi connectivity index (χ0) is 20.3. The molecule has 152 valence electrons. The number of ether oxygens (including phenoxy) is 1. The van der Waals surface area contributed by atoms with Gasteiger partial charge in [-0.25, -0.2) is 0 Å². The van der Waals surface area contributed by atoms with Crippen molar-refractivity contribution in [1.29, 1.82) is 0 Å².